The van der Waals surface area contributed by atoms with E-state index in [9.17, 15) is 4.79 Å². The van der Waals surface area contributed by atoms with Gasteiger partial charge in [0.1, 0.15) is 0 Å². The number of carboxylic acids is 1. The summed E-state index contributed by atoms with van der Waals surface area (Å²) in [5, 5.41) is 8.77. The van der Waals surface area contributed by atoms with Crippen LogP contribution in [-0.4, -0.2) is 11.1 Å². The van der Waals surface area contributed by atoms with Crippen molar-refractivity contribution in [1.82, 2.24) is 0 Å². The van der Waals surface area contributed by atoms with Gasteiger partial charge in [-0.1, -0.05) is 36.1 Å². The number of hydrogen-bond acceptors (Lipinski definition) is 1. The summed E-state index contributed by atoms with van der Waals surface area (Å²) in [7, 11) is 0. The van der Waals surface area contributed by atoms with Crippen LogP contribution in [0.3, 0.4) is 0 Å². The van der Waals surface area contributed by atoms with E-state index in [4.69, 9.17) is 11.7 Å². The van der Waals surface area contributed by atoms with Crippen LogP contribution in [0.4, 0.5) is 5.69 Å². The SMILES string of the molecule is [C-]#[N+]c1ccc(C#Cc2ccc(C(=O)O)cc2)cc1. The van der Waals surface area contributed by atoms with Gasteiger partial charge in [0.05, 0.1) is 12.1 Å². The van der Waals surface area contributed by atoms with Crippen LogP contribution < -0.4 is 0 Å². The maximum Gasteiger partial charge on any atom is 0.335 e. The van der Waals surface area contributed by atoms with Crippen molar-refractivity contribution in [2.24, 2.45) is 0 Å². The number of nitrogens with zero attached hydrogens (tertiary/aromatic N) is 1. The number of carbonyl (C=O) groups is 1. The molecule has 19 heavy (non-hydrogen) atoms. The Hall–Kier alpha value is -3.04. The van der Waals surface area contributed by atoms with E-state index in [0.29, 0.717) is 5.69 Å². The molecule has 0 fully saturated rings. The number of rotatable bonds is 1. The molecular formula is C16H9NO2. The molecule has 3 heteroatoms. The summed E-state index contributed by atoms with van der Waals surface area (Å²) in [6.45, 7) is 6.85. The molecule has 0 unspecified atom stereocenters. The van der Waals surface area contributed by atoms with Gasteiger partial charge in [-0.3, -0.25) is 0 Å². The molecule has 0 aliphatic carbocycles. The third kappa shape index (κ3) is 3.21. The van der Waals surface area contributed by atoms with E-state index in [2.05, 4.69) is 16.7 Å². The van der Waals surface area contributed by atoms with Gasteiger partial charge in [-0.15, -0.1) is 0 Å². The fourth-order valence-corrected chi connectivity index (χ4v) is 1.46. The van der Waals surface area contributed by atoms with Gasteiger partial charge >= 0.3 is 5.97 Å². The van der Waals surface area contributed by atoms with Crippen LogP contribution in [0.2, 0.25) is 0 Å². The predicted molar refractivity (Wildman–Crippen MR) is 72.1 cm³/mol. The maximum absolute atomic E-state index is 10.7. The van der Waals surface area contributed by atoms with E-state index in [-0.39, 0.29) is 5.56 Å². The second-order valence-corrected chi connectivity index (χ2v) is 3.79. The van der Waals surface area contributed by atoms with E-state index >= 15 is 0 Å². The summed E-state index contributed by atoms with van der Waals surface area (Å²) in [5.74, 6) is 4.95. The lowest BCUT2D eigenvalue weighted by Crippen LogP contribution is -1.94. The van der Waals surface area contributed by atoms with Crippen LogP contribution >= 0.6 is 0 Å². The number of hydrogen-bond donors (Lipinski definition) is 1. The first-order chi connectivity index (χ1) is 9.19. The summed E-state index contributed by atoms with van der Waals surface area (Å²) in [6.07, 6.45) is 0. The zero-order valence-corrected chi connectivity index (χ0v) is 9.92. The molecular weight excluding hydrogens is 238 g/mol. The number of carboxylic acid groups (broad SMARTS) is 1. The summed E-state index contributed by atoms with van der Waals surface area (Å²) in [4.78, 5) is 14.0. The Balaban J connectivity index is 2.19. The lowest BCUT2D eigenvalue weighted by atomic mass is 10.1. The zero-order valence-electron chi connectivity index (χ0n) is 9.92. The van der Waals surface area contributed by atoms with Crippen LogP contribution in [0.25, 0.3) is 4.85 Å². The lowest BCUT2D eigenvalue weighted by molar-refractivity contribution is 0.0697. The molecule has 2 aromatic carbocycles. The van der Waals surface area contributed by atoms with E-state index in [1.807, 2.05) is 0 Å². The average Bonchev–Trinajstić information content (AvgIpc) is 2.46. The molecule has 0 saturated heterocycles. The first-order valence-electron chi connectivity index (χ1n) is 5.52. The highest BCUT2D eigenvalue weighted by Gasteiger charge is 1.99. The normalized spacial score (nSPS) is 9.00. The highest BCUT2D eigenvalue weighted by atomic mass is 16.4. The van der Waals surface area contributed by atoms with Crippen molar-refractivity contribution in [2.45, 2.75) is 0 Å². The van der Waals surface area contributed by atoms with E-state index < -0.39 is 5.97 Å². The monoisotopic (exact) mass is 247 g/mol. The minimum Gasteiger partial charge on any atom is -0.478 e. The quantitative estimate of drug-likeness (QED) is 0.620. The highest BCUT2D eigenvalue weighted by Crippen LogP contribution is 2.12. The molecule has 1 N–H and O–H groups in total. The van der Waals surface area contributed by atoms with E-state index in [1.54, 1.807) is 36.4 Å². The Kier molecular flexibility index (Phi) is 3.61. The Morgan fingerprint density at radius 1 is 0.947 bits per heavy atom. The van der Waals surface area contributed by atoms with Gasteiger partial charge in [0.15, 0.2) is 5.69 Å². The first kappa shape index (κ1) is 12.4. The molecule has 0 aliphatic rings. The molecule has 0 saturated carbocycles. The Bertz CT molecular complexity index is 696. The Morgan fingerprint density at radius 2 is 1.42 bits per heavy atom. The Labute approximate surface area is 111 Å². The fraction of sp³-hybridized carbons (Fsp3) is 0. The van der Waals surface area contributed by atoms with Crippen molar-refractivity contribution >= 4 is 11.7 Å². The van der Waals surface area contributed by atoms with Gasteiger partial charge in [0.2, 0.25) is 0 Å². The summed E-state index contributed by atoms with van der Waals surface area (Å²) < 4.78 is 0. The largest absolute Gasteiger partial charge is 0.478 e. The molecule has 0 aliphatic heterocycles. The van der Waals surface area contributed by atoms with Crippen LogP contribution in [0, 0.1) is 18.4 Å². The molecule has 2 aromatic rings. The summed E-state index contributed by atoms with van der Waals surface area (Å²) in [6, 6.07) is 13.4. The molecule has 0 aromatic heterocycles. The fourth-order valence-electron chi connectivity index (χ4n) is 1.46. The summed E-state index contributed by atoms with van der Waals surface area (Å²) >= 11 is 0. The number of benzene rings is 2. The van der Waals surface area contributed by atoms with Crippen LogP contribution in [0.1, 0.15) is 21.5 Å². The molecule has 0 atom stereocenters. The smallest absolute Gasteiger partial charge is 0.335 e. The maximum atomic E-state index is 10.7. The minimum atomic E-state index is -0.950. The van der Waals surface area contributed by atoms with Crippen molar-refractivity contribution in [2.75, 3.05) is 0 Å². The molecule has 0 bridgehead atoms. The molecule has 0 spiro atoms. The van der Waals surface area contributed by atoms with Gasteiger partial charge in [-0.25, -0.2) is 9.64 Å². The highest BCUT2D eigenvalue weighted by molar-refractivity contribution is 5.87. The van der Waals surface area contributed by atoms with Gasteiger partial charge < -0.3 is 5.11 Å². The molecule has 0 amide bonds. The van der Waals surface area contributed by atoms with Crippen molar-refractivity contribution < 1.29 is 9.90 Å². The molecule has 3 nitrogen and oxygen atoms in total. The molecule has 90 valence electrons. The second kappa shape index (κ2) is 5.53. The van der Waals surface area contributed by atoms with Crippen molar-refractivity contribution in [3.05, 3.63) is 76.6 Å². The topological polar surface area (TPSA) is 41.7 Å². The van der Waals surface area contributed by atoms with Crippen molar-refractivity contribution in [1.29, 1.82) is 0 Å². The lowest BCUT2D eigenvalue weighted by Gasteiger charge is -1.94. The number of aromatic carboxylic acids is 1. The van der Waals surface area contributed by atoms with Gasteiger partial charge in [-0.05, 0) is 24.3 Å². The van der Waals surface area contributed by atoms with Gasteiger partial charge in [-0.2, -0.15) is 0 Å². The standard InChI is InChI=1S/C16H9NO2/c1-17-15-10-6-13(7-11-15)3-2-12-4-8-14(9-5-12)16(18)19/h4-11H,(H,18,19). The van der Waals surface area contributed by atoms with Crippen LogP contribution in [-0.2, 0) is 0 Å². The minimum absolute atomic E-state index is 0.243. The second-order valence-electron chi connectivity index (χ2n) is 3.79. The Morgan fingerprint density at radius 3 is 1.84 bits per heavy atom. The predicted octanol–water partition coefficient (Wildman–Crippen LogP) is 3.34. The van der Waals surface area contributed by atoms with E-state index in [1.165, 1.54) is 12.1 Å². The third-order valence-electron chi connectivity index (χ3n) is 2.48. The van der Waals surface area contributed by atoms with E-state index in [0.717, 1.165) is 11.1 Å². The average molecular weight is 247 g/mol. The van der Waals surface area contributed by atoms with Gasteiger partial charge in [0.25, 0.3) is 0 Å². The molecule has 0 heterocycles. The zero-order chi connectivity index (χ0) is 13.7. The molecule has 0 radical (unpaired) electrons. The van der Waals surface area contributed by atoms with Gasteiger partial charge in [0, 0.05) is 11.1 Å². The first-order valence-corrected chi connectivity index (χ1v) is 5.52. The van der Waals surface area contributed by atoms with Crippen molar-refractivity contribution in [3.63, 3.8) is 0 Å². The summed E-state index contributed by atoms with van der Waals surface area (Å²) in [5.41, 5.74) is 2.39. The third-order valence-corrected chi connectivity index (χ3v) is 2.48. The van der Waals surface area contributed by atoms with Crippen LogP contribution in [0.15, 0.2) is 48.5 Å². The van der Waals surface area contributed by atoms with Crippen LogP contribution in [0.5, 0.6) is 0 Å². The molecule has 2 rings (SSSR count). The van der Waals surface area contributed by atoms with Crippen molar-refractivity contribution in [3.8, 4) is 11.8 Å².